The van der Waals surface area contributed by atoms with Crippen LogP contribution in [0.25, 0.3) is 0 Å². The fourth-order valence-corrected chi connectivity index (χ4v) is 4.35. The largest absolute Gasteiger partial charge is 0.399 e. The summed E-state index contributed by atoms with van der Waals surface area (Å²) in [5.41, 5.74) is 18.5. The van der Waals surface area contributed by atoms with Gasteiger partial charge in [0.25, 0.3) is 0 Å². The molecule has 0 radical (unpaired) electrons. The molecule has 0 aromatic heterocycles. The van der Waals surface area contributed by atoms with Crippen molar-refractivity contribution in [3.8, 4) is 0 Å². The van der Waals surface area contributed by atoms with Gasteiger partial charge in [-0.25, -0.2) is 0 Å². The summed E-state index contributed by atoms with van der Waals surface area (Å²) in [5, 5.41) is 0. The maximum Gasteiger partial charge on any atom is 0.0432 e. The molecule has 3 aromatic rings. The summed E-state index contributed by atoms with van der Waals surface area (Å²) in [6.45, 7) is 6.79. The standard InChI is InChI=1S/C15H16N2.C12H18N2/c16-14-5-7-15(8-6-14)17-10-9-12-3-1-2-4-13(12)11-17;1-10-6-8-14(9-7-10)12-4-2-11(13)3-5-12/h1-8H,9-11,16H2;2-5,10H,6-9,13H2,1H3. The highest BCUT2D eigenvalue weighted by Gasteiger charge is 2.16. The van der Waals surface area contributed by atoms with E-state index < -0.39 is 0 Å². The minimum Gasteiger partial charge on any atom is -0.399 e. The number of fused-ring (bicyclic) bond motifs is 1. The van der Waals surface area contributed by atoms with Crippen LogP contribution in [0.15, 0.2) is 72.8 Å². The molecule has 162 valence electrons. The van der Waals surface area contributed by atoms with Crippen LogP contribution in [-0.2, 0) is 13.0 Å². The van der Waals surface area contributed by atoms with Crippen LogP contribution in [-0.4, -0.2) is 19.6 Å². The van der Waals surface area contributed by atoms with Crippen LogP contribution in [0.1, 0.15) is 30.9 Å². The monoisotopic (exact) mass is 414 g/mol. The van der Waals surface area contributed by atoms with E-state index in [1.807, 2.05) is 24.3 Å². The van der Waals surface area contributed by atoms with Gasteiger partial charge in [0.15, 0.2) is 0 Å². The first-order valence-electron chi connectivity index (χ1n) is 11.4. The van der Waals surface area contributed by atoms with Gasteiger partial charge in [-0.05, 0) is 84.8 Å². The Labute approximate surface area is 186 Å². The Morgan fingerprint density at radius 3 is 1.74 bits per heavy atom. The Morgan fingerprint density at radius 1 is 0.645 bits per heavy atom. The molecule has 0 aliphatic carbocycles. The topological polar surface area (TPSA) is 58.5 Å². The zero-order valence-corrected chi connectivity index (χ0v) is 18.5. The molecule has 2 aliphatic rings. The van der Waals surface area contributed by atoms with Gasteiger partial charge in [0, 0.05) is 48.9 Å². The molecule has 4 nitrogen and oxygen atoms in total. The molecule has 4 N–H and O–H groups in total. The Hall–Kier alpha value is -3.14. The van der Waals surface area contributed by atoms with Crippen LogP contribution in [0.5, 0.6) is 0 Å². The Bertz CT molecular complexity index is 957. The number of nitrogens with two attached hydrogens (primary N) is 2. The average Bonchev–Trinajstić information content (AvgIpc) is 2.81. The van der Waals surface area contributed by atoms with Gasteiger partial charge >= 0.3 is 0 Å². The quantitative estimate of drug-likeness (QED) is 0.556. The lowest BCUT2D eigenvalue weighted by atomic mass is 9.99. The minimum atomic E-state index is 0.825. The maximum absolute atomic E-state index is 5.71. The van der Waals surface area contributed by atoms with E-state index in [2.05, 4.69) is 65.3 Å². The van der Waals surface area contributed by atoms with Crippen LogP contribution in [0, 0.1) is 5.92 Å². The Balaban J connectivity index is 0.000000152. The number of nitrogen functional groups attached to an aromatic ring is 2. The molecule has 0 amide bonds. The third-order valence-corrected chi connectivity index (χ3v) is 6.43. The molecule has 0 saturated carbocycles. The van der Waals surface area contributed by atoms with E-state index in [9.17, 15) is 0 Å². The first kappa shape index (κ1) is 21.1. The highest BCUT2D eigenvalue weighted by Crippen LogP contribution is 2.25. The van der Waals surface area contributed by atoms with Gasteiger partial charge in [-0.2, -0.15) is 0 Å². The molecule has 1 fully saturated rings. The molecule has 3 aromatic carbocycles. The molecule has 31 heavy (non-hydrogen) atoms. The Kier molecular flexibility index (Phi) is 6.66. The van der Waals surface area contributed by atoms with E-state index in [-0.39, 0.29) is 0 Å². The summed E-state index contributed by atoms with van der Waals surface area (Å²) >= 11 is 0. The number of anilines is 4. The number of hydrogen-bond donors (Lipinski definition) is 2. The zero-order chi connectivity index (χ0) is 21.6. The van der Waals surface area contributed by atoms with Crippen molar-refractivity contribution in [3.63, 3.8) is 0 Å². The Morgan fingerprint density at radius 2 is 1.16 bits per heavy atom. The van der Waals surface area contributed by atoms with Crippen molar-refractivity contribution < 1.29 is 0 Å². The van der Waals surface area contributed by atoms with E-state index in [0.29, 0.717) is 0 Å². The van der Waals surface area contributed by atoms with E-state index in [4.69, 9.17) is 11.5 Å². The smallest absolute Gasteiger partial charge is 0.0432 e. The third-order valence-electron chi connectivity index (χ3n) is 6.43. The summed E-state index contributed by atoms with van der Waals surface area (Å²) in [4.78, 5) is 4.85. The molecule has 0 spiro atoms. The van der Waals surface area contributed by atoms with Crippen molar-refractivity contribution in [2.24, 2.45) is 5.92 Å². The van der Waals surface area contributed by atoms with Crippen molar-refractivity contribution >= 4 is 22.7 Å². The highest BCUT2D eigenvalue weighted by molar-refractivity contribution is 5.55. The molecule has 0 bridgehead atoms. The second kappa shape index (κ2) is 9.78. The zero-order valence-electron chi connectivity index (χ0n) is 18.5. The lowest BCUT2D eigenvalue weighted by Crippen LogP contribution is -2.32. The van der Waals surface area contributed by atoms with E-state index in [0.717, 1.165) is 36.8 Å². The first-order chi connectivity index (χ1) is 15.1. The second-order valence-corrected chi connectivity index (χ2v) is 8.79. The highest BCUT2D eigenvalue weighted by atomic mass is 15.1. The average molecular weight is 415 g/mol. The van der Waals surface area contributed by atoms with Gasteiger partial charge < -0.3 is 21.3 Å². The molecule has 0 unspecified atom stereocenters. The fourth-order valence-electron chi connectivity index (χ4n) is 4.35. The molecular formula is C27H34N4. The predicted octanol–water partition coefficient (Wildman–Crippen LogP) is 5.34. The lowest BCUT2D eigenvalue weighted by molar-refractivity contribution is 0.438. The van der Waals surface area contributed by atoms with Crippen molar-refractivity contribution in [1.82, 2.24) is 0 Å². The van der Waals surface area contributed by atoms with Gasteiger partial charge in [-0.3, -0.25) is 0 Å². The van der Waals surface area contributed by atoms with Gasteiger partial charge in [-0.1, -0.05) is 31.2 Å². The van der Waals surface area contributed by atoms with E-state index >= 15 is 0 Å². The van der Waals surface area contributed by atoms with Crippen molar-refractivity contribution in [1.29, 1.82) is 0 Å². The number of piperidine rings is 1. The predicted molar refractivity (Wildman–Crippen MR) is 134 cm³/mol. The number of hydrogen-bond acceptors (Lipinski definition) is 4. The molecule has 5 rings (SSSR count). The molecular weight excluding hydrogens is 380 g/mol. The summed E-state index contributed by atoms with van der Waals surface area (Å²) in [6.07, 6.45) is 3.75. The summed E-state index contributed by atoms with van der Waals surface area (Å²) in [5.74, 6) is 0.889. The van der Waals surface area contributed by atoms with Gasteiger partial charge in [-0.15, -0.1) is 0 Å². The molecule has 2 aliphatic heterocycles. The SMILES string of the molecule is CC1CCN(c2ccc(N)cc2)CC1.Nc1ccc(N2CCc3ccccc3C2)cc1. The van der Waals surface area contributed by atoms with Crippen LogP contribution >= 0.6 is 0 Å². The van der Waals surface area contributed by atoms with E-state index in [1.165, 1.54) is 48.4 Å². The summed E-state index contributed by atoms with van der Waals surface area (Å²) < 4.78 is 0. The van der Waals surface area contributed by atoms with Crippen LogP contribution in [0.2, 0.25) is 0 Å². The maximum atomic E-state index is 5.71. The number of rotatable bonds is 2. The molecule has 2 heterocycles. The third kappa shape index (κ3) is 5.52. The van der Waals surface area contributed by atoms with Crippen molar-refractivity contribution in [3.05, 3.63) is 83.9 Å². The lowest BCUT2D eigenvalue weighted by Gasteiger charge is -2.32. The van der Waals surface area contributed by atoms with Crippen LogP contribution < -0.4 is 21.3 Å². The first-order valence-corrected chi connectivity index (χ1v) is 11.4. The van der Waals surface area contributed by atoms with Crippen molar-refractivity contribution in [2.45, 2.75) is 32.7 Å². The van der Waals surface area contributed by atoms with Crippen LogP contribution in [0.3, 0.4) is 0 Å². The number of nitrogens with zero attached hydrogens (tertiary/aromatic N) is 2. The molecule has 1 saturated heterocycles. The summed E-state index contributed by atoms with van der Waals surface area (Å²) in [6, 6.07) is 25.0. The second-order valence-electron chi connectivity index (χ2n) is 8.79. The molecule has 0 atom stereocenters. The normalized spacial score (nSPS) is 16.3. The van der Waals surface area contributed by atoms with E-state index in [1.54, 1.807) is 0 Å². The number of benzene rings is 3. The van der Waals surface area contributed by atoms with Gasteiger partial charge in [0.05, 0.1) is 0 Å². The fraction of sp³-hybridized carbons (Fsp3) is 0.333. The molecule has 4 heteroatoms. The summed E-state index contributed by atoms with van der Waals surface area (Å²) in [7, 11) is 0. The van der Waals surface area contributed by atoms with Gasteiger partial charge in [0.1, 0.15) is 0 Å². The van der Waals surface area contributed by atoms with Gasteiger partial charge in [0.2, 0.25) is 0 Å². The van der Waals surface area contributed by atoms with Crippen LogP contribution in [0.4, 0.5) is 22.7 Å². The minimum absolute atomic E-state index is 0.825. The van der Waals surface area contributed by atoms with Crippen molar-refractivity contribution in [2.75, 3.05) is 40.9 Å².